The maximum atomic E-state index is 13.4. The van der Waals surface area contributed by atoms with Gasteiger partial charge < -0.3 is 0 Å². The predicted octanol–water partition coefficient (Wildman–Crippen LogP) is 4.31. The Hall–Kier alpha value is -4.18. The third kappa shape index (κ3) is 4.35. The highest BCUT2D eigenvalue weighted by Crippen LogP contribution is 2.34. The highest BCUT2D eigenvalue weighted by atomic mass is 32.1. The Morgan fingerprint density at radius 3 is 2.57 bits per heavy atom. The van der Waals surface area contributed by atoms with Crippen molar-refractivity contribution in [1.29, 1.82) is 0 Å². The van der Waals surface area contributed by atoms with E-state index < -0.39 is 10.8 Å². The number of carbonyl (C=O) groups excluding carboxylic acids is 1. The van der Waals surface area contributed by atoms with Gasteiger partial charge in [-0.15, -0.1) is 11.3 Å². The quantitative estimate of drug-likeness (QED) is 0.256. The van der Waals surface area contributed by atoms with Crippen molar-refractivity contribution in [1.82, 2.24) is 15.0 Å². The fraction of sp³-hybridized carbons (Fsp3) is 0.200. The van der Waals surface area contributed by atoms with Crippen LogP contribution in [0.15, 0.2) is 58.4 Å². The maximum Gasteiger partial charge on any atom is 0.271 e. The summed E-state index contributed by atoms with van der Waals surface area (Å²) < 4.78 is 1.60. The Morgan fingerprint density at radius 2 is 1.86 bits per heavy atom. The smallest absolute Gasteiger partial charge is 0.268 e. The summed E-state index contributed by atoms with van der Waals surface area (Å²) in [5.74, 6) is 0.185. The zero-order valence-electron chi connectivity index (χ0n) is 18.9. The van der Waals surface area contributed by atoms with E-state index in [1.54, 1.807) is 40.2 Å². The molecule has 1 aliphatic rings. The molecule has 2 aromatic carbocycles. The number of amides is 1. The number of carbonyl (C=O) groups is 1. The molecule has 10 heteroatoms. The molecule has 0 saturated carbocycles. The SMILES string of the molecule is Cc1nc2sc3c(c2c(=O)n1-c1ccc(C(=O)N/N=C\c2ccc([N+](=O)[O-])cc2)cc1)CCCC3. The van der Waals surface area contributed by atoms with E-state index in [1.807, 2.05) is 6.92 Å². The van der Waals surface area contributed by atoms with Gasteiger partial charge in [0.25, 0.3) is 17.2 Å². The Morgan fingerprint density at radius 1 is 1.14 bits per heavy atom. The lowest BCUT2D eigenvalue weighted by molar-refractivity contribution is -0.384. The van der Waals surface area contributed by atoms with Crippen LogP contribution >= 0.6 is 11.3 Å². The molecule has 0 aliphatic heterocycles. The molecule has 1 N–H and O–H groups in total. The molecule has 4 aromatic rings. The lowest BCUT2D eigenvalue weighted by Crippen LogP contribution is -2.23. The van der Waals surface area contributed by atoms with Gasteiger partial charge in [-0.3, -0.25) is 24.3 Å². The monoisotopic (exact) mass is 487 g/mol. The molecular weight excluding hydrogens is 466 g/mol. The molecule has 1 aliphatic carbocycles. The predicted molar refractivity (Wildman–Crippen MR) is 135 cm³/mol. The van der Waals surface area contributed by atoms with Crippen molar-refractivity contribution in [3.8, 4) is 5.69 Å². The molecular formula is C25H21N5O4S. The molecule has 0 unspecified atom stereocenters. The van der Waals surface area contributed by atoms with Crippen molar-refractivity contribution in [2.45, 2.75) is 32.6 Å². The molecule has 5 rings (SSSR count). The van der Waals surface area contributed by atoms with Crippen LogP contribution in [0.25, 0.3) is 15.9 Å². The minimum atomic E-state index is -0.482. The standard InChI is InChI=1S/C25H21N5O4S/c1-15-27-24-22(20-4-2-3-5-21(20)35-24)25(32)29(15)18-12-8-17(9-13-18)23(31)28-26-14-16-6-10-19(11-7-16)30(33)34/h6-14H,2-5H2,1H3,(H,28,31)/b26-14-. The minimum absolute atomic E-state index is 0.0196. The third-order valence-electron chi connectivity index (χ3n) is 6.03. The van der Waals surface area contributed by atoms with E-state index >= 15 is 0 Å². The molecule has 176 valence electrons. The van der Waals surface area contributed by atoms with Gasteiger partial charge in [-0.25, -0.2) is 10.4 Å². The van der Waals surface area contributed by atoms with Gasteiger partial charge >= 0.3 is 0 Å². The van der Waals surface area contributed by atoms with Gasteiger partial charge in [0.1, 0.15) is 10.7 Å². The van der Waals surface area contributed by atoms with Crippen LogP contribution in [0.4, 0.5) is 5.69 Å². The minimum Gasteiger partial charge on any atom is -0.268 e. The Kier molecular flexibility index (Phi) is 5.96. The number of nitrogens with one attached hydrogen (secondary N) is 1. The first-order valence-corrected chi connectivity index (χ1v) is 12.0. The maximum absolute atomic E-state index is 13.4. The van der Waals surface area contributed by atoms with Gasteiger partial charge in [0.2, 0.25) is 0 Å². The van der Waals surface area contributed by atoms with Crippen molar-refractivity contribution in [2.75, 3.05) is 0 Å². The van der Waals surface area contributed by atoms with Gasteiger partial charge in [-0.05, 0) is 80.1 Å². The van der Waals surface area contributed by atoms with Crippen LogP contribution in [0.5, 0.6) is 0 Å². The summed E-state index contributed by atoms with van der Waals surface area (Å²) in [5.41, 5.74) is 5.12. The van der Waals surface area contributed by atoms with Gasteiger partial charge in [0, 0.05) is 22.6 Å². The molecule has 35 heavy (non-hydrogen) atoms. The van der Waals surface area contributed by atoms with Crippen LogP contribution in [-0.4, -0.2) is 26.6 Å². The van der Waals surface area contributed by atoms with Crippen LogP contribution in [0.1, 0.15) is 45.0 Å². The van der Waals surface area contributed by atoms with E-state index in [9.17, 15) is 19.7 Å². The number of fused-ring (bicyclic) bond motifs is 3. The number of hydrazone groups is 1. The van der Waals surface area contributed by atoms with Crippen molar-refractivity contribution < 1.29 is 9.72 Å². The molecule has 0 radical (unpaired) electrons. The highest BCUT2D eigenvalue weighted by molar-refractivity contribution is 7.18. The van der Waals surface area contributed by atoms with Crippen molar-refractivity contribution in [2.24, 2.45) is 5.10 Å². The normalized spacial score (nSPS) is 13.2. The van der Waals surface area contributed by atoms with Crippen LogP contribution < -0.4 is 11.0 Å². The number of thiophene rings is 1. The number of hydrogen-bond acceptors (Lipinski definition) is 7. The summed E-state index contributed by atoms with van der Waals surface area (Å²) in [6, 6.07) is 12.5. The second-order valence-corrected chi connectivity index (χ2v) is 9.37. The van der Waals surface area contributed by atoms with Gasteiger partial charge in [0.05, 0.1) is 22.2 Å². The van der Waals surface area contributed by atoms with E-state index in [-0.39, 0.29) is 11.2 Å². The summed E-state index contributed by atoms with van der Waals surface area (Å²) in [6.07, 6.45) is 5.55. The number of benzene rings is 2. The summed E-state index contributed by atoms with van der Waals surface area (Å²) in [7, 11) is 0. The summed E-state index contributed by atoms with van der Waals surface area (Å²) in [4.78, 5) is 42.9. The second kappa shape index (κ2) is 9.22. The Balaban J connectivity index is 1.35. The molecule has 0 fully saturated rings. The summed E-state index contributed by atoms with van der Waals surface area (Å²) >= 11 is 1.63. The summed E-state index contributed by atoms with van der Waals surface area (Å²) in [5, 5.41) is 15.4. The molecule has 2 heterocycles. The average molecular weight is 488 g/mol. The fourth-order valence-electron chi connectivity index (χ4n) is 4.28. The largest absolute Gasteiger partial charge is 0.271 e. The van der Waals surface area contributed by atoms with Gasteiger partial charge in [-0.2, -0.15) is 5.10 Å². The van der Waals surface area contributed by atoms with E-state index in [4.69, 9.17) is 4.98 Å². The van der Waals surface area contributed by atoms with Gasteiger partial charge in [0.15, 0.2) is 0 Å². The second-order valence-electron chi connectivity index (χ2n) is 8.29. The molecule has 9 nitrogen and oxygen atoms in total. The zero-order valence-corrected chi connectivity index (χ0v) is 19.7. The van der Waals surface area contributed by atoms with Crippen molar-refractivity contribution >= 4 is 39.4 Å². The molecule has 1 amide bonds. The number of rotatable bonds is 5. The van der Waals surface area contributed by atoms with Crippen LogP contribution in [0, 0.1) is 17.0 Å². The third-order valence-corrected chi connectivity index (χ3v) is 7.21. The first-order valence-electron chi connectivity index (χ1n) is 11.1. The molecule has 2 aromatic heterocycles. The molecule has 0 saturated heterocycles. The van der Waals surface area contributed by atoms with Gasteiger partial charge in [-0.1, -0.05) is 0 Å². The van der Waals surface area contributed by atoms with Crippen LogP contribution in [0.2, 0.25) is 0 Å². The Labute approximate surface area is 203 Å². The molecule has 0 spiro atoms. The number of aromatic nitrogens is 2. The van der Waals surface area contributed by atoms with E-state index in [2.05, 4.69) is 10.5 Å². The lowest BCUT2D eigenvalue weighted by Gasteiger charge is -2.12. The molecule has 0 atom stereocenters. The van der Waals surface area contributed by atoms with E-state index in [0.717, 1.165) is 41.5 Å². The lowest BCUT2D eigenvalue weighted by atomic mass is 9.97. The number of nitro benzene ring substituents is 1. The van der Waals surface area contributed by atoms with E-state index in [1.165, 1.54) is 35.4 Å². The van der Waals surface area contributed by atoms with Crippen LogP contribution in [0.3, 0.4) is 0 Å². The fourth-order valence-corrected chi connectivity index (χ4v) is 5.58. The number of hydrogen-bond donors (Lipinski definition) is 1. The number of non-ortho nitro benzene ring substituents is 1. The van der Waals surface area contributed by atoms with E-state index in [0.29, 0.717) is 22.6 Å². The topological polar surface area (TPSA) is 119 Å². The van der Waals surface area contributed by atoms with Crippen molar-refractivity contribution in [3.63, 3.8) is 0 Å². The highest BCUT2D eigenvalue weighted by Gasteiger charge is 2.21. The zero-order chi connectivity index (χ0) is 24.5. The number of nitrogens with zero attached hydrogens (tertiary/aromatic N) is 4. The van der Waals surface area contributed by atoms with Crippen LogP contribution in [-0.2, 0) is 12.8 Å². The number of nitro groups is 1. The summed E-state index contributed by atoms with van der Waals surface area (Å²) in [6.45, 7) is 1.81. The first kappa shape index (κ1) is 22.6. The average Bonchev–Trinajstić information content (AvgIpc) is 3.23. The number of aryl methyl sites for hydroxylation is 3. The Bertz CT molecular complexity index is 1540. The molecule has 0 bridgehead atoms. The first-order chi connectivity index (χ1) is 16.9. The van der Waals surface area contributed by atoms with Crippen molar-refractivity contribution in [3.05, 3.63) is 96.4 Å².